The second-order valence-electron chi connectivity index (χ2n) is 6.26. The van der Waals surface area contributed by atoms with Gasteiger partial charge in [0.25, 0.3) is 5.91 Å². The summed E-state index contributed by atoms with van der Waals surface area (Å²) in [5.74, 6) is 0.0591. The number of halogens is 1. The standard InChI is InChI=1S/C16H22BrNO/c1-16(2)9-3-4-14(10-16)18-15(19)13-7-5-12(11-17)6-8-13/h5-8,14H,3-4,9-11H2,1-2H3,(H,18,19). The predicted octanol–water partition coefficient (Wildman–Crippen LogP) is 4.28. The van der Waals surface area contributed by atoms with Gasteiger partial charge in [0.1, 0.15) is 0 Å². The van der Waals surface area contributed by atoms with Crippen LogP contribution in [0.4, 0.5) is 0 Å². The lowest BCUT2D eigenvalue weighted by Gasteiger charge is -2.35. The highest BCUT2D eigenvalue weighted by molar-refractivity contribution is 9.08. The minimum atomic E-state index is 0.0591. The normalized spacial score (nSPS) is 21.9. The molecule has 1 aliphatic rings. The summed E-state index contributed by atoms with van der Waals surface area (Å²) in [6.45, 7) is 4.58. The van der Waals surface area contributed by atoms with Crippen LogP contribution in [0.25, 0.3) is 0 Å². The molecule has 3 heteroatoms. The maximum atomic E-state index is 12.2. The van der Waals surface area contributed by atoms with E-state index in [1.54, 1.807) is 0 Å². The van der Waals surface area contributed by atoms with E-state index >= 15 is 0 Å². The van der Waals surface area contributed by atoms with Crippen LogP contribution >= 0.6 is 15.9 Å². The van der Waals surface area contributed by atoms with Crippen molar-refractivity contribution in [2.45, 2.75) is 50.9 Å². The summed E-state index contributed by atoms with van der Waals surface area (Å²) < 4.78 is 0. The molecule has 2 rings (SSSR count). The van der Waals surface area contributed by atoms with Crippen LogP contribution in [0, 0.1) is 5.41 Å². The fraction of sp³-hybridized carbons (Fsp3) is 0.562. The van der Waals surface area contributed by atoms with Crippen LogP contribution in [-0.2, 0) is 5.33 Å². The van der Waals surface area contributed by atoms with Crippen LogP contribution < -0.4 is 5.32 Å². The van der Waals surface area contributed by atoms with E-state index in [1.807, 2.05) is 24.3 Å². The molecule has 1 amide bonds. The largest absolute Gasteiger partial charge is 0.349 e. The van der Waals surface area contributed by atoms with E-state index in [0.29, 0.717) is 11.5 Å². The van der Waals surface area contributed by atoms with Crippen molar-refractivity contribution in [1.29, 1.82) is 0 Å². The van der Waals surface area contributed by atoms with Gasteiger partial charge in [-0.3, -0.25) is 4.79 Å². The van der Waals surface area contributed by atoms with Crippen molar-refractivity contribution >= 4 is 21.8 Å². The predicted molar refractivity (Wildman–Crippen MR) is 82.6 cm³/mol. The molecule has 0 aliphatic heterocycles. The first-order chi connectivity index (χ1) is 9.00. The topological polar surface area (TPSA) is 29.1 Å². The Bertz CT molecular complexity index is 439. The third kappa shape index (κ3) is 4.07. The van der Waals surface area contributed by atoms with Crippen molar-refractivity contribution in [2.75, 3.05) is 0 Å². The Morgan fingerprint density at radius 1 is 1.37 bits per heavy atom. The van der Waals surface area contributed by atoms with E-state index < -0.39 is 0 Å². The Hall–Kier alpha value is -0.830. The monoisotopic (exact) mass is 323 g/mol. The highest BCUT2D eigenvalue weighted by Crippen LogP contribution is 2.35. The molecule has 1 aromatic rings. The van der Waals surface area contributed by atoms with Crippen LogP contribution in [0.3, 0.4) is 0 Å². The molecule has 2 nitrogen and oxygen atoms in total. The molecule has 1 atom stereocenters. The van der Waals surface area contributed by atoms with Gasteiger partial charge in [-0.2, -0.15) is 0 Å². The van der Waals surface area contributed by atoms with Gasteiger partial charge in [0.2, 0.25) is 0 Å². The van der Waals surface area contributed by atoms with Gasteiger partial charge in [-0.15, -0.1) is 0 Å². The second-order valence-corrected chi connectivity index (χ2v) is 6.82. The van der Waals surface area contributed by atoms with Crippen LogP contribution in [0.2, 0.25) is 0 Å². The first-order valence-corrected chi connectivity index (χ1v) is 8.08. The summed E-state index contributed by atoms with van der Waals surface area (Å²) >= 11 is 3.41. The first kappa shape index (κ1) is 14.6. The number of benzene rings is 1. The molecule has 1 fully saturated rings. The van der Waals surface area contributed by atoms with Crippen molar-refractivity contribution in [3.05, 3.63) is 35.4 Å². The number of carbonyl (C=O) groups excluding carboxylic acids is 1. The van der Waals surface area contributed by atoms with Crippen LogP contribution in [0.15, 0.2) is 24.3 Å². The summed E-state index contributed by atoms with van der Waals surface area (Å²) in [7, 11) is 0. The van der Waals surface area contributed by atoms with E-state index in [9.17, 15) is 4.79 Å². The highest BCUT2D eigenvalue weighted by atomic mass is 79.9. The zero-order chi connectivity index (χ0) is 13.9. The maximum Gasteiger partial charge on any atom is 0.251 e. The summed E-state index contributed by atoms with van der Waals surface area (Å²) in [5, 5.41) is 4.00. The minimum absolute atomic E-state index is 0.0591. The van der Waals surface area contributed by atoms with Gasteiger partial charge < -0.3 is 5.32 Å². The molecule has 19 heavy (non-hydrogen) atoms. The molecule has 0 aromatic heterocycles. The molecule has 1 aliphatic carbocycles. The van der Waals surface area contributed by atoms with Crippen LogP contribution in [-0.4, -0.2) is 11.9 Å². The molecule has 1 N–H and O–H groups in total. The van der Waals surface area contributed by atoms with E-state index in [1.165, 1.54) is 18.4 Å². The van der Waals surface area contributed by atoms with Crippen molar-refractivity contribution in [3.63, 3.8) is 0 Å². The minimum Gasteiger partial charge on any atom is -0.349 e. The summed E-state index contributed by atoms with van der Waals surface area (Å²) in [4.78, 5) is 12.2. The van der Waals surface area contributed by atoms with Crippen molar-refractivity contribution in [2.24, 2.45) is 5.41 Å². The Morgan fingerprint density at radius 3 is 2.63 bits per heavy atom. The lowest BCUT2D eigenvalue weighted by atomic mass is 9.75. The van der Waals surface area contributed by atoms with Crippen LogP contribution in [0.1, 0.15) is 55.5 Å². The Labute approximate surface area is 124 Å². The summed E-state index contributed by atoms with van der Waals surface area (Å²) in [6.07, 6.45) is 4.66. The average Bonchev–Trinajstić information content (AvgIpc) is 2.37. The molecular weight excluding hydrogens is 302 g/mol. The third-order valence-electron chi connectivity index (χ3n) is 3.91. The summed E-state index contributed by atoms with van der Waals surface area (Å²) in [5.41, 5.74) is 2.30. The number of amides is 1. The number of rotatable bonds is 3. The molecular formula is C16H22BrNO. The molecule has 1 saturated carbocycles. The summed E-state index contributed by atoms with van der Waals surface area (Å²) in [6, 6.07) is 8.12. The molecule has 104 valence electrons. The molecule has 1 unspecified atom stereocenters. The van der Waals surface area contributed by atoms with E-state index in [4.69, 9.17) is 0 Å². The van der Waals surface area contributed by atoms with E-state index in [2.05, 4.69) is 35.1 Å². The van der Waals surface area contributed by atoms with Gasteiger partial charge in [0.05, 0.1) is 0 Å². The SMILES string of the molecule is CC1(C)CCCC(NC(=O)c2ccc(CBr)cc2)C1. The van der Waals surface area contributed by atoms with Gasteiger partial charge >= 0.3 is 0 Å². The second kappa shape index (κ2) is 6.08. The van der Waals surface area contributed by atoms with Gasteiger partial charge in [-0.05, 0) is 42.4 Å². The van der Waals surface area contributed by atoms with Crippen molar-refractivity contribution in [3.8, 4) is 0 Å². The quantitative estimate of drug-likeness (QED) is 0.826. The number of alkyl halides is 1. The number of hydrogen-bond donors (Lipinski definition) is 1. The lowest BCUT2D eigenvalue weighted by molar-refractivity contribution is 0.0902. The lowest BCUT2D eigenvalue weighted by Crippen LogP contribution is -2.40. The molecule has 0 spiro atoms. The Morgan fingerprint density at radius 2 is 2.05 bits per heavy atom. The zero-order valence-corrected chi connectivity index (χ0v) is 13.3. The van der Waals surface area contributed by atoms with Crippen molar-refractivity contribution in [1.82, 2.24) is 5.32 Å². The number of nitrogens with one attached hydrogen (secondary N) is 1. The van der Waals surface area contributed by atoms with Crippen LogP contribution in [0.5, 0.6) is 0 Å². The molecule has 0 saturated heterocycles. The molecule has 0 heterocycles. The van der Waals surface area contributed by atoms with Gasteiger partial charge in [0.15, 0.2) is 0 Å². The van der Waals surface area contributed by atoms with Crippen molar-refractivity contribution < 1.29 is 4.79 Å². The highest BCUT2D eigenvalue weighted by Gasteiger charge is 2.28. The maximum absolute atomic E-state index is 12.2. The smallest absolute Gasteiger partial charge is 0.251 e. The Kier molecular flexibility index (Phi) is 4.67. The van der Waals surface area contributed by atoms with E-state index in [-0.39, 0.29) is 5.91 Å². The van der Waals surface area contributed by atoms with Gasteiger partial charge in [-0.1, -0.05) is 48.3 Å². The molecule has 0 bridgehead atoms. The van der Waals surface area contributed by atoms with Gasteiger partial charge in [-0.25, -0.2) is 0 Å². The van der Waals surface area contributed by atoms with E-state index in [0.717, 1.165) is 23.7 Å². The number of carbonyl (C=O) groups is 1. The number of hydrogen-bond acceptors (Lipinski definition) is 1. The Balaban J connectivity index is 1.96. The molecule has 0 radical (unpaired) electrons. The first-order valence-electron chi connectivity index (χ1n) is 6.96. The fourth-order valence-electron chi connectivity index (χ4n) is 2.84. The third-order valence-corrected chi connectivity index (χ3v) is 4.56. The van der Waals surface area contributed by atoms with Gasteiger partial charge in [0, 0.05) is 16.9 Å². The molecule has 1 aromatic carbocycles. The average molecular weight is 324 g/mol. The zero-order valence-electron chi connectivity index (χ0n) is 11.7. The fourth-order valence-corrected chi connectivity index (χ4v) is 3.21.